The second-order valence-corrected chi connectivity index (χ2v) is 15.8. The molecule has 33 heavy (non-hydrogen) atoms. The molecule has 0 spiro atoms. The molecule has 1 aromatic heterocycles. The highest BCUT2D eigenvalue weighted by atomic mass is 35.5. The first-order chi connectivity index (χ1) is 15.2. The van der Waals surface area contributed by atoms with Gasteiger partial charge in [-0.3, -0.25) is 4.79 Å². The molecule has 1 aromatic carbocycles. The fraction of sp³-hybridized carbons (Fsp3) is 0.583. The van der Waals surface area contributed by atoms with Crippen LogP contribution in [0.15, 0.2) is 29.2 Å². The van der Waals surface area contributed by atoms with Gasteiger partial charge in [0, 0.05) is 5.56 Å². The Labute approximate surface area is 202 Å². The molecule has 0 saturated carbocycles. The van der Waals surface area contributed by atoms with Crippen molar-refractivity contribution in [2.75, 3.05) is 13.2 Å². The van der Waals surface area contributed by atoms with Gasteiger partial charge in [-0.25, -0.2) is 4.68 Å². The second-order valence-electron chi connectivity index (χ2n) is 10.6. The van der Waals surface area contributed by atoms with Crippen LogP contribution in [0.3, 0.4) is 0 Å². The number of aromatic nitrogens is 2. The van der Waals surface area contributed by atoms with E-state index in [9.17, 15) is 9.90 Å². The minimum absolute atomic E-state index is 0.0618. The van der Waals surface area contributed by atoms with E-state index in [1.54, 1.807) is 12.1 Å². The molecule has 0 bridgehead atoms. The molecule has 184 valence electrons. The van der Waals surface area contributed by atoms with E-state index in [0.29, 0.717) is 31.1 Å². The number of benzene rings is 1. The summed E-state index contributed by atoms with van der Waals surface area (Å²) < 4.78 is 19.1. The molecule has 7 nitrogen and oxygen atoms in total. The van der Waals surface area contributed by atoms with E-state index in [4.69, 9.17) is 25.5 Å². The summed E-state index contributed by atoms with van der Waals surface area (Å²) in [5.41, 5.74) is 0.479. The highest BCUT2D eigenvalue weighted by Gasteiger charge is 2.36. The summed E-state index contributed by atoms with van der Waals surface area (Å²) in [5.74, 6) is 0.533. The van der Waals surface area contributed by atoms with Crippen LogP contribution >= 0.6 is 11.6 Å². The van der Waals surface area contributed by atoms with Gasteiger partial charge in [0.2, 0.25) is 0 Å². The largest absolute Gasteiger partial charge is 0.453 e. The molecule has 2 aromatic rings. The van der Waals surface area contributed by atoms with Crippen molar-refractivity contribution in [3.05, 3.63) is 50.9 Å². The third-order valence-electron chi connectivity index (χ3n) is 5.81. The fourth-order valence-electron chi connectivity index (χ4n) is 2.76. The zero-order valence-electron chi connectivity index (χ0n) is 21.0. The Hall–Kier alpha value is -1.71. The van der Waals surface area contributed by atoms with Crippen LogP contribution in [-0.4, -0.2) is 36.4 Å². The molecule has 0 amide bonds. The van der Waals surface area contributed by atoms with Crippen LogP contribution in [0.4, 0.5) is 0 Å². The van der Waals surface area contributed by atoms with Gasteiger partial charge in [-0.1, -0.05) is 44.5 Å². The summed E-state index contributed by atoms with van der Waals surface area (Å²) in [7, 11) is -1.80. The lowest BCUT2D eigenvalue weighted by atomic mass is 10.1. The summed E-state index contributed by atoms with van der Waals surface area (Å²) in [4.78, 5) is 12.6. The van der Waals surface area contributed by atoms with E-state index < -0.39 is 19.4 Å². The molecule has 1 heterocycles. The average molecular weight is 497 g/mol. The van der Waals surface area contributed by atoms with E-state index in [2.05, 4.69) is 39.0 Å². The van der Waals surface area contributed by atoms with Gasteiger partial charge in [0.05, 0.1) is 38.2 Å². The smallest absolute Gasteiger partial charge is 0.289 e. The van der Waals surface area contributed by atoms with Gasteiger partial charge in [-0.2, -0.15) is 5.10 Å². The van der Waals surface area contributed by atoms with Crippen molar-refractivity contribution < 1.29 is 19.0 Å². The number of aliphatic hydroxyl groups excluding tert-OH is 1. The lowest BCUT2D eigenvalue weighted by Crippen LogP contribution is -2.41. The number of halogens is 1. The molecule has 0 aliphatic carbocycles. The number of hydrogen-bond acceptors (Lipinski definition) is 6. The Morgan fingerprint density at radius 2 is 1.76 bits per heavy atom. The number of ether oxygens (including phenoxy) is 2. The molecule has 0 unspecified atom stereocenters. The van der Waals surface area contributed by atoms with Crippen molar-refractivity contribution in [3.63, 3.8) is 0 Å². The molecular formula is C24H37ClN2O5Si. The van der Waals surface area contributed by atoms with Gasteiger partial charge >= 0.3 is 0 Å². The molecule has 0 aliphatic heterocycles. The molecule has 2 rings (SSSR count). The first-order valence-corrected chi connectivity index (χ1v) is 14.4. The quantitative estimate of drug-likeness (QED) is 0.366. The van der Waals surface area contributed by atoms with Gasteiger partial charge in [0.25, 0.3) is 5.56 Å². The van der Waals surface area contributed by atoms with Crippen LogP contribution in [0.2, 0.25) is 23.2 Å². The zero-order chi connectivity index (χ0) is 25.0. The van der Waals surface area contributed by atoms with Gasteiger partial charge in [-0.05, 0) is 50.5 Å². The second kappa shape index (κ2) is 10.7. The lowest BCUT2D eigenvalue weighted by Gasteiger charge is -2.36. The van der Waals surface area contributed by atoms with Crippen molar-refractivity contribution in [1.82, 2.24) is 9.78 Å². The van der Waals surface area contributed by atoms with Crippen LogP contribution in [0.1, 0.15) is 52.7 Å². The molecule has 0 atom stereocenters. The first kappa shape index (κ1) is 27.5. The van der Waals surface area contributed by atoms with E-state index in [0.717, 1.165) is 5.56 Å². The SMILES string of the molecule is CC(C)(C)n1ncc(Oc2cc(COCCO[Si](C)(C)C(C)(C)C)ccc2CO)c(Cl)c1=O. The standard InChI is InChI=1S/C24H37ClN2O5Si/c1-23(2,3)27-22(29)21(25)20(14-26-27)32-19-13-17(9-10-18(19)15-28)16-30-11-12-31-33(7,8)24(4,5)6/h9-10,13-14,28H,11-12,15-16H2,1-8H3. The predicted octanol–water partition coefficient (Wildman–Crippen LogP) is 5.47. The van der Waals surface area contributed by atoms with Gasteiger partial charge in [0.1, 0.15) is 5.75 Å². The maximum absolute atomic E-state index is 12.6. The Morgan fingerprint density at radius 1 is 1.09 bits per heavy atom. The highest BCUT2D eigenvalue weighted by Crippen LogP contribution is 2.36. The van der Waals surface area contributed by atoms with Gasteiger partial charge < -0.3 is 19.0 Å². The minimum atomic E-state index is -1.80. The van der Waals surface area contributed by atoms with E-state index in [1.807, 2.05) is 26.8 Å². The molecule has 1 N–H and O–H groups in total. The zero-order valence-corrected chi connectivity index (χ0v) is 22.7. The van der Waals surface area contributed by atoms with Crippen molar-refractivity contribution in [2.45, 2.75) is 78.4 Å². The van der Waals surface area contributed by atoms with Crippen molar-refractivity contribution in [1.29, 1.82) is 0 Å². The molecule has 9 heteroatoms. The fourth-order valence-corrected chi connectivity index (χ4v) is 3.96. The van der Waals surface area contributed by atoms with Crippen LogP contribution in [-0.2, 0) is 27.9 Å². The summed E-state index contributed by atoms with van der Waals surface area (Å²) >= 11 is 6.28. The summed E-state index contributed by atoms with van der Waals surface area (Å²) in [5, 5.41) is 14.0. The van der Waals surface area contributed by atoms with Crippen LogP contribution < -0.4 is 10.3 Å². The summed E-state index contributed by atoms with van der Waals surface area (Å²) in [6, 6.07) is 5.40. The first-order valence-electron chi connectivity index (χ1n) is 11.1. The maximum atomic E-state index is 12.6. The maximum Gasteiger partial charge on any atom is 0.289 e. The Kier molecular flexibility index (Phi) is 8.92. The molecule has 0 saturated heterocycles. The Balaban J connectivity index is 2.09. The van der Waals surface area contributed by atoms with Gasteiger partial charge in [0.15, 0.2) is 19.1 Å². The number of nitrogens with zero attached hydrogens (tertiary/aromatic N) is 2. The van der Waals surface area contributed by atoms with Crippen molar-refractivity contribution in [2.24, 2.45) is 0 Å². The topological polar surface area (TPSA) is 82.8 Å². The normalized spacial score (nSPS) is 12.8. The Morgan fingerprint density at radius 3 is 2.33 bits per heavy atom. The van der Waals surface area contributed by atoms with E-state index >= 15 is 0 Å². The summed E-state index contributed by atoms with van der Waals surface area (Å²) in [6.45, 7) is 17.8. The number of rotatable bonds is 9. The average Bonchev–Trinajstić information content (AvgIpc) is 2.69. The minimum Gasteiger partial charge on any atom is -0.453 e. The predicted molar refractivity (Wildman–Crippen MR) is 134 cm³/mol. The van der Waals surface area contributed by atoms with Crippen LogP contribution in [0.25, 0.3) is 0 Å². The third kappa shape index (κ3) is 7.13. The summed E-state index contributed by atoms with van der Waals surface area (Å²) in [6.07, 6.45) is 1.41. The van der Waals surface area contributed by atoms with E-state index in [-0.39, 0.29) is 22.4 Å². The number of hydrogen-bond donors (Lipinski definition) is 1. The molecular weight excluding hydrogens is 460 g/mol. The van der Waals surface area contributed by atoms with Crippen molar-refractivity contribution in [3.8, 4) is 11.5 Å². The Bertz CT molecular complexity index is 1010. The van der Waals surface area contributed by atoms with Crippen molar-refractivity contribution >= 4 is 19.9 Å². The molecule has 0 radical (unpaired) electrons. The highest BCUT2D eigenvalue weighted by molar-refractivity contribution is 6.74. The lowest BCUT2D eigenvalue weighted by molar-refractivity contribution is 0.0844. The number of aliphatic hydroxyl groups is 1. The van der Waals surface area contributed by atoms with Gasteiger partial charge in [-0.15, -0.1) is 0 Å². The van der Waals surface area contributed by atoms with Crippen LogP contribution in [0, 0.1) is 0 Å². The van der Waals surface area contributed by atoms with Crippen LogP contribution in [0.5, 0.6) is 11.5 Å². The monoisotopic (exact) mass is 496 g/mol. The molecule has 0 fully saturated rings. The molecule has 0 aliphatic rings. The van der Waals surface area contributed by atoms with E-state index in [1.165, 1.54) is 10.9 Å². The third-order valence-corrected chi connectivity index (χ3v) is 10.7.